The summed E-state index contributed by atoms with van der Waals surface area (Å²) in [5.41, 5.74) is 1.78. The molecule has 2 aromatic rings. The number of rotatable bonds is 7. The Morgan fingerprint density at radius 1 is 0.929 bits per heavy atom. The smallest absolute Gasteiger partial charge is 0.189 e. The summed E-state index contributed by atoms with van der Waals surface area (Å²) in [5, 5.41) is 2.52. The Morgan fingerprint density at radius 3 is 2.29 bits per heavy atom. The second kappa shape index (κ2) is 9.31. The molecule has 0 bridgehead atoms. The van der Waals surface area contributed by atoms with Crippen molar-refractivity contribution in [1.29, 1.82) is 0 Å². The molecule has 2 heteroatoms. The van der Waals surface area contributed by atoms with Crippen LogP contribution in [-0.2, 0) is 4.74 Å². The summed E-state index contributed by atoms with van der Waals surface area (Å²) < 4.78 is 11.8. The first kappa shape index (κ1) is 21.2. The van der Waals surface area contributed by atoms with Gasteiger partial charge in [0.1, 0.15) is 5.75 Å². The topological polar surface area (TPSA) is 18.5 Å². The van der Waals surface area contributed by atoms with Crippen LogP contribution in [0.4, 0.5) is 0 Å². The zero-order chi connectivity index (χ0) is 20.1. The molecule has 0 aliphatic heterocycles. The van der Waals surface area contributed by atoms with Gasteiger partial charge in [-0.3, -0.25) is 0 Å². The molecule has 28 heavy (non-hydrogen) atoms. The molecule has 0 heterocycles. The highest BCUT2D eigenvalue weighted by atomic mass is 16.7. The third-order valence-corrected chi connectivity index (χ3v) is 5.98. The first-order valence-electron chi connectivity index (χ1n) is 11.1. The maximum absolute atomic E-state index is 5.90. The van der Waals surface area contributed by atoms with Gasteiger partial charge in [-0.1, -0.05) is 78.1 Å². The summed E-state index contributed by atoms with van der Waals surface area (Å²) in [7, 11) is 0. The molecule has 0 radical (unpaired) electrons. The Hall–Kier alpha value is -1.54. The number of benzene rings is 2. The highest BCUT2D eigenvalue weighted by molar-refractivity contribution is 5.84. The van der Waals surface area contributed by atoms with Gasteiger partial charge in [0.25, 0.3) is 0 Å². The maximum atomic E-state index is 5.90. The second-order valence-corrected chi connectivity index (χ2v) is 10.1. The number of fused-ring (bicyclic) bond motifs is 1. The van der Waals surface area contributed by atoms with E-state index in [0.29, 0.717) is 30.1 Å². The van der Waals surface area contributed by atoms with E-state index >= 15 is 0 Å². The van der Waals surface area contributed by atoms with Gasteiger partial charge in [-0.15, -0.1) is 0 Å². The third-order valence-electron chi connectivity index (χ3n) is 5.98. The molecule has 1 atom stereocenters. The average molecular weight is 383 g/mol. The lowest BCUT2D eigenvalue weighted by Gasteiger charge is -2.29. The fraction of sp³-hybridized carbons (Fsp3) is 0.615. The Kier molecular flexibility index (Phi) is 7.04. The second-order valence-electron chi connectivity index (χ2n) is 10.1. The minimum atomic E-state index is 0.333. The van der Waals surface area contributed by atoms with E-state index < -0.39 is 0 Å². The zero-order valence-corrected chi connectivity index (χ0v) is 18.5. The van der Waals surface area contributed by atoms with Gasteiger partial charge < -0.3 is 9.47 Å². The van der Waals surface area contributed by atoms with Crippen LogP contribution in [0, 0.1) is 11.3 Å². The van der Waals surface area contributed by atoms with Gasteiger partial charge in [0, 0.05) is 0 Å². The van der Waals surface area contributed by atoms with Crippen molar-refractivity contribution in [2.45, 2.75) is 85.2 Å². The van der Waals surface area contributed by atoms with Crippen molar-refractivity contribution >= 4 is 10.8 Å². The Bertz CT molecular complexity index is 751. The lowest BCUT2D eigenvalue weighted by Crippen LogP contribution is -2.19. The van der Waals surface area contributed by atoms with Crippen LogP contribution in [0.15, 0.2) is 36.4 Å². The summed E-state index contributed by atoms with van der Waals surface area (Å²) in [5.74, 6) is 2.12. The van der Waals surface area contributed by atoms with Crippen LogP contribution in [0.25, 0.3) is 10.8 Å². The van der Waals surface area contributed by atoms with E-state index in [1.54, 1.807) is 0 Å². The van der Waals surface area contributed by atoms with Crippen LogP contribution in [0.2, 0.25) is 0 Å². The van der Waals surface area contributed by atoms with Crippen LogP contribution in [-0.4, -0.2) is 12.9 Å². The van der Waals surface area contributed by atoms with Crippen molar-refractivity contribution in [2.75, 3.05) is 6.79 Å². The van der Waals surface area contributed by atoms with E-state index in [9.17, 15) is 0 Å². The molecule has 0 N–H and O–H groups in total. The number of hydrogen-bond acceptors (Lipinski definition) is 2. The highest BCUT2D eigenvalue weighted by Crippen LogP contribution is 2.37. The van der Waals surface area contributed by atoms with Crippen molar-refractivity contribution in [2.24, 2.45) is 11.3 Å². The van der Waals surface area contributed by atoms with Crippen LogP contribution in [0.5, 0.6) is 5.75 Å². The quantitative estimate of drug-likeness (QED) is 0.457. The fourth-order valence-electron chi connectivity index (χ4n) is 4.39. The van der Waals surface area contributed by atoms with Gasteiger partial charge in [-0.05, 0) is 65.0 Å². The standard InChI is InChI=1S/C26H38O2/c1-19(2)25(17-26(3,4)5)22-12-11-21-16-24(14-13-20(21)15-22)28-18-27-23-9-7-6-8-10-23/h11-16,19,23,25H,6-10,17-18H2,1-5H3. The van der Waals surface area contributed by atoms with Crippen molar-refractivity contribution in [3.8, 4) is 5.75 Å². The predicted octanol–water partition coefficient (Wildman–Crippen LogP) is 7.70. The van der Waals surface area contributed by atoms with E-state index in [-0.39, 0.29) is 0 Å². The molecule has 0 aromatic heterocycles. The maximum Gasteiger partial charge on any atom is 0.189 e. The molecular weight excluding hydrogens is 344 g/mol. The van der Waals surface area contributed by atoms with Crippen LogP contribution in [0.1, 0.15) is 84.6 Å². The van der Waals surface area contributed by atoms with E-state index in [1.807, 2.05) is 0 Å². The normalized spacial score (nSPS) is 17.2. The number of ether oxygens (including phenoxy) is 2. The van der Waals surface area contributed by atoms with Gasteiger partial charge in [0.15, 0.2) is 6.79 Å². The minimum absolute atomic E-state index is 0.333. The molecule has 154 valence electrons. The summed E-state index contributed by atoms with van der Waals surface area (Å²) >= 11 is 0. The monoisotopic (exact) mass is 382 g/mol. The first-order chi connectivity index (χ1) is 13.3. The van der Waals surface area contributed by atoms with Gasteiger partial charge in [0.05, 0.1) is 6.10 Å². The molecule has 1 aliphatic rings. The molecule has 1 saturated carbocycles. The van der Waals surface area contributed by atoms with Crippen molar-refractivity contribution < 1.29 is 9.47 Å². The molecule has 0 amide bonds. The van der Waals surface area contributed by atoms with Crippen LogP contribution < -0.4 is 4.74 Å². The molecule has 1 aliphatic carbocycles. The summed E-state index contributed by atoms with van der Waals surface area (Å²) in [6.45, 7) is 12.0. The van der Waals surface area contributed by atoms with Gasteiger partial charge >= 0.3 is 0 Å². The lowest BCUT2D eigenvalue weighted by atomic mass is 9.76. The summed E-state index contributed by atoms with van der Waals surface area (Å²) in [6, 6.07) is 13.3. The molecular formula is C26H38O2. The van der Waals surface area contributed by atoms with Gasteiger partial charge in [-0.2, -0.15) is 0 Å². The molecule has 2 nitrogen and oxygen atoms in total. The van der Waals surface area contributed by atoms with Crippen molar-refractivity contribution in [3.63, 3.8) is 0 Å². The van der Waals surface area contributed by atoms with Gasteiger partial charge in [0.2, 0.25) is 0 Å². The lowest BCUT2D eigenvalue weighted by molar-refractivity contribution is -0.0496. The first-order valence-corrected chi connectivity index (χ1v) is 11.1. The Balaban J connectivity index is 1.67. The van der Waals surface area contributed by atoms with E-state index in [1.165, 1.54) is 54.9 Å². The fourth-order valence-corrected chi connectivity index (χ4v) is 4.39. The largest absolute Gasteiger partial charge is 0.468 e. The summed E-state index contributed by atoms with van der Waals surface area (Å²) in [4.78, 5) is 0. The van der Waals surface area contributed by atoms with Crippen LogP contribution in [0.3, 0.4) is 0 Å². The average Bonchev–Trinajstić information content (AvgIpc) is 2.66. The summed E-state index contributed by atoms with van der Waals surface area (Å²) in [6.07, 6.45) is 7.86. The Morgan fingerprint density at radius 2 is 1.61 bits per heavy atom. The Labute approximate surface area is 171 Å². The van der Waals surface area contributed by atoms with E-state index in [4.69, 9.17) is 9.47 Å². The third kappa shape index (κ3) is 5.98. The molecule has 2 aromatic carbocycles. The minimum Gasteiger partial charge on any atom is -0.468 e. The predicted molar refractivity (Wildman–Crippen MR) is 119 cm³/mol. The molecule has 0 saturated heterocycles. The zero-order valence-electron chi connectivity index (χ0n) is 18.5. The van der Waals surface area contributed by atoms with Crippen molar-refractivity contribution in [3.05, 3.63) is 42.0 Å². The number of hydrogen-bond donors (Lipinski definition) is 0. The van der Waals surface area contributed by atoms with Crippen molar-refractivity contribution in [1.82, 2.24) is 0 Å². The van der Waals surface area contributed by atoms with Crippen LogP contribution >= 0.6 is 0 Å². The van der Waals surface area contributed by atoms with E-state index in [0.717, 1.165) is 5.75 Å². The highest BCUT2D eigenvalue weighted by Gasteiger charge is 2.23. The SMILES string of the molecule is CC(C)C(CC(C)(C)C)c1ccc2cc(OCOC3CCCCC3)ccc2c1. The molecule has 1 fully saturated rings. The molecule has 0 spiro atoms. The molecule has 1 unspecified atom stereocenters. The molecule has 3 rings (SSSR count). The van der Waals surface area contributed by atoms with Gasteiger partial charge in [-0.25, -0.2) is 0 Å². The van der Waals surface area contributed by atoms with E-state index in [2.05, 4.69) is 71.0 Å².